The normalized spacial score (nSPS) is 18.1. The molecular weight excluding hydrogens is 268 g/mol. The van der Waals surface area contributed by atoms with Crippen molar-refractivity contribution >= 4 is 11.3 Å². The second-order valence-corrected chi connectivity index (χ2v) is 7.12. The van der Waals surface area contributed by atoms with Crippen LogP contribution in [0.1, 0.15) is 24.3 Å². The number of nitrogens with zero attached hydrogens (tertiary/aromatic N) is 3. The molecule has 2 rings (SSSR count). The molecule has 0 unspecified atom stereocenters. The van der Waals surface area contributed by atoms with Crippen LogP contribution in [0.5, 0.6) is 0 Å². The molecule has 1 saturated heterocycles. The maximum absolute atomic E-state index is 8.82. The molecule has 5 heteroatoms. The summed E-state index contributed by atoms with van der Waals surface area (Å²) in [5, 5.41) is 14.3. The predicted octanol–water partition coefficient (Wildman–Crippen LogP) is 1.74. The molecule has 0 amide bonds. The highest BCUT2D eigenvalue weighted by molar-refractivity contribution is 7.10. The summed E-state index contributed by atoms with van der Waals surface area (Å²) < 4.78 is 0. The third kappa shape index (κ3) is 4.03. The molecule has 110 valence electrons. The topological polar surface area (TPSA) is 42.3 Å². The lowest BCUT2D eigenvalue weighted by atomic mass is 10.0. The van der Waals surface area contributed by atoms with Gasteiger partial charge in [0.1, 0.15) is 6.07 Å². The van der Waals surface area contributed by atoms with E-state index < -0.39 is 0 Å². The summed E-state index contributed by atoms with van der Waals surface area (Å²) in [6.45, 7) is 11.0. The minimum atomic E-state index is 0.177. The van der Waals surface area contributed by atoms with Crippen molar-refractivity contribution in [2.75, 3.05) is 39.8 Å². The quantitative estimate of drug-likeness (QED) is 0.897. The molecule has 20 heavy (non-hydrogen) atoms. The average molecular weight is 292 g/mol. The van der Waals surface area contributed by atoms with Crippen LogP contribution in [-0.2, 0) is 6.54 Å². The van der Waals surface area contributed by atoms with Gasteiger partial charge in [-0.1, -0.05) is 0 Å². The largest absolute Gasteiger partial charge is 0.310 e. The van der Waals surface area contributed by atoms with Crippen molar-refractivity contribution in [3.05, 3.63) is 21.9 Å². The Bertz CT molecular complexity index is 466. The Morgan fingerprint density at radius 2 is 2.05 bits per heavy atom. The first kappa shape index (κ1) is 15.5. The molecule has 1 aliphatic rings. The van der Waals surface area contributed by atoms with Crippen molar-refractivity contribution in [3.8, 4) is 6.07 Å². The lowest BCUT2D eigenvalue weighted by Crippen LogP contribution is -2.57. The third-order valence-corrected chi connectivity index (χ3v) is 4.94. The summed E-state index contributed by atoms with van der Waals surface area (Å²) >= 11 is 1.66. The number of likely N-dealkylation sites (N-methyl/N-ethyl adjacent to an activating group) is 1. The van der Waals surface area contributed by atoms with Crippen molar-refractivity contribution in [1.29, 1.82) is 5.26 Å². The van der Waals surface area contributed by atoms with Crippen LogP contribution in [0.25, 0.3) is 0 Å². The molecule has 0 radical (unpaired) electrons. The molecular formula is C15H24N4S. The maximum atomic E-state index is 8.82. The summed E-state index contributed by atoms with van der Waals surface area (Å²) in [6, 6.07) is 4.15. The van der Waals surface area contributed by atoms with Gasteiger partial charge in [-0.2, -0.15) is 5.26 Å². The smallest absolute Gasteiger partial charge is 0.100 e. The summed E-state index contributed by atoms with van der Waals surface area (Å²) in [5.41, 5.74) is 0.946. The molecule has 1 aromatic heterocycles. The number of hydrogen-bond donors (Lipinski definition) is 1. The Hall–Kier alpha value is -0.930. The Labute approximate surface area is 126 Å². The van der Waals surface area contributed by atoms with E-state index in [1.807, 2.05) is 11.4 Å². The van der Waals surface area contributed by atoms with Gasteiger partial charge in [-0.3, -0.25) is 4.90 Å². The van der Waals surface area contributed by atoms with Crippen LogP contribution >= 0.6 is 11.3 Å². The summed E-state index contributed by atoms with van der Waals surface area (Å²) in [5.74, 6) is 0. The van der Waals surface area contributed by atoms with Crippen LogP contribution < -0.4 is 5.32 Å². The van der Waals surface area contributed by atoms with E-state index in [4.69, 9.17) is 5.26 Å². The van der Waals surface area contributed by atoms with Crippen LogP contribution in [0.4, 0.5) is 0 Å². The van der Waals surface area contributed by atoms with Gasteiger partial charge in [0.05, 0.1) is 5.56 Å². The molecule has 2 heterocycles. The highest BCUT2D eigenvalue weighted by Crippen LogP contribution is 2.17. The highest BCUT2D eigenvalue weighted by Gasteiger charge is 2.28. The van der Waals surface area contributed by atoms with E-state index in [2.05, 4.69) is 42.1 Å². The fourth-order valence-corrected chi connectivity index (χ4v) is 3.33. The second kappa shape index (κ2) is 6.68. The van der Waals surface area contributed by atoms with E-state index in [0.717, 1.165) is 44.8 Å². The average Bonchev–Trinajstić information content (AvgIpc) is 2.87. The molecule has 1 fully saturated rings. The zero-order chi connectivity index (χ0) is 14.6. The van der Waals surface area contributed by atoms with Crippen molar-refractivity contribution in [3.63, 3.8) is 0 Å². The number of piperazine rings is 1. The molecule has 1 aliphatic heterocycles. The molecule has 0 bridgehead atoms. The van der Waals surface area contributed by atoms with Crippen molar-refractivity contribution in [2.24, 2.45) is 0 Å². The minimum absolute atomic E-state index is 0.177. The fraction of sp³-hybridized carbons (Fsp3) is 0.667. The number of rotatable bonds is 5. The standard InChI is InChI=1S/C15H24N4S/c1-15(2,19-6-4-18(3)5-7-19)12-17-10-14-8-13(9-16)11-20-14/h8,11,17H,4-7,10,12H2,1-3H3. The first-order valence-electron chi connectivity index (χ1n) is 7.13. The van der Waals surface area contributed by atoms with Crippen LogP contribution in [0, 0.1) is 11.3 Å². The van der Waals surface area contributed by atoms with E-state index in [9.17, 15) is 0 Å². The van der Waals surface area contributed by atoms with Crippen molar-refractivity contribution < 1.29 is 0 Å². The van der Waals surface area contributed by atoms with Gasteiger partial charge in [0.2, 0.25) is 0 Å². The molecule has 1 aromatic rings. The van der Waals surface area contributed by atoms with Crippen molar-refractivity contribution in [2.45, 2.75) is 25.9 Å². The van der Waals surface area contributed by atoms with E-state index in [0.29, 0.717) is 0 Å². The van der Waals surface area contributed by atoms with E-state index in [-0.39, 0.29) is 5.54 Å². The fourth-order valence-electron chi connectivity index (χ4n) is 2.55. The van der Waals surface area contributed by atoms with Crippen LogP contribution in [0.3, 0.4) is 0 Å². The summed E-state index contributed by atoms with van der Waals surface area (Å²) in [7, 11) is 2.19. The maximum Gasteiger partial charge on any atom is 0.100 e. The van der Waals surface area contributed by atoms with Gasteiger partial charge in [0.15, 0.2) is 0 Å². The molecule has 0 aromatic carbocycles. The van der Waals surface area contributed by atoms with Gasteiger partial charge >= 0.3 is 0 Å². The Morgan fingerprint density at radius 3 is 2.65 bits per heavy atom. The lowest BCUT2D eigenvalue weighted by Gasteiger charge is -2.43. The molecule has 1 N–H and O–H groups in total. The molecule has 0 saturated carbocycles. The van der Waals surface area contributed by atoms with E-state index in [1.165, 1.54) is 4.88 Å². The Balaban J connectivity index is 1.78. The first-order valence-corrected chi connectivity index (χ1v) is 8.01. The zero-order valence-electron chi connectivity index (χ0n) is 12.6. The number of nitriles is 1. The van der Waals surface area contributed by atoms with E-state index in [1.54, 1.807) is 11.3 Å². The number of thiophene rings is 1. The lowest BCUT2D eigenvalue weighted by molar-refractivity contribution is 0.0618. The SMILES string of the molecule is CN1CCN(C(C)(C)CNCc2cc(C#N)cs2)CC1. The monoisotopic (exact) mass is 292 g/mol. The molecule has 0 aliphatic carbocycles. The molecule has 0 spiro atoms. The summed E-state index contributed by atoms with van der Waals surface area (Å²) in [6.07, 6.45) is 0. The molecule has 4 nitrogen and oxygen atoms in total. The summed E-state index contributed by atoms with van der Waals surface area (Å²) in [4.78, 5) is 6.18. The van der Waals surface area contributed by atoms with Gasteiger partial charge < -0.3 is 10.2 Å². The van der Waals surface area contributed by atoms with Gasteiger partial charge in [-0.05, 0) is 27.0 Å². The van der Waals surface area contributed by atoms with Crippen LogP contribution in [-0.4, -0.2) is 55.1 Å². The van der Waals surface area contributed by atoms with Crippen LogP contribution in [0.2, 0.25) is 0 Å². The van der Waals surface area contributed by atoms with Crippen LogP contribution in [0.15, 0.2) is 11.4 Å². The van der Waals surface area contributed by atoms with Gasteiger partial charge in [0, 0.05) is 55.1 Å². The van der Waals surface area contributed by atoms with Crippen molar-refractivity contribution in [1.82, 2.24) is 15.1 Å². The first-order chi connectivity index (χ1) is 9.51. The second-order valence-electron chi connectivity index (χ2n) is 6.12. The third-order valence-electron chi connectivity index (χ3n) is 4.00. The predicted molar refractivity (Wildman–Crippen MR) is 83.9 cm³/mol. The van der Waals surface area contributed by atoms with Gasteiger partial charge in [-0.25, -0.2) is 0 Å². The highest BCUT2D eigenvalue weighted by atomic mass is 32.1. The van der Waals surface area contributed by atoms with Gasteiger partial charge in [0.25, 0.3) is 0 Å². The number of nitrogens with one attached hydrogen (secondary N) is 1. The minimum Gasteiger partial charge on any atom is -0.310 e. The van der Waals surface area contributed by atoms with E-state index >= 15 is 0 Å². The Kier molecular flexibility index (Phi) is 5.17. The van der Waals surface area contributed by atoms with Gasteiger partial charge in [-0.15, -0.1) is 11.3 Å². The zero-order valence-corrected chi connectivity index (χ0v) is 13.5. The molecule has 0 atom stereocenters. The Morgan fingerprint density at radius 1 is 1.35 bits per heavy atom. The number of hydrogen-bond acceptors (Lipinski definition) is 5.